The Kier molecular flexibility index (Phi) is 25.5. The van der Waals surface area contributed by atoms with Gasteiger partial charge in [0.25, 0.3) is 0 Å². The summed E-state index contributed by atoms with van der Waals surface area (Å²) in [5.74, 6) is 1.33. The summed E-state index contributed by atoms with van der Waals surface area (Å²) in [6.45, 7) is 13.4. The van der Waals surface area contributed by atoms with Crippen LogP contribution in [-0.4, -0.2) is 82.7 Å². The minimum atomic E-state index is -3.29. The van der Waals surface area contributed by atoms with Crippen molar-refractivity contribution in [2.24, 2.45) is 17.8 Å². The summed E-state index contributed by atoms with van der Waals surface area (Å²) >= 11 is 0. The van der Waals surface area contributed by atoms with Crippen molar-refractivity contribution < 1.29 is 30.7 Å². The molecule has 0 aliphatic rings. The summed E-state index contributed by atoms with van der Waals surface area (Å²) in [7, 11) is 1.30. The van der Waals surface area contributed by atoms with Gasteiger partial charge in [-0.05, 0) is 50.8 Å². The molecule has 3 unspecified atom stereocenters. The predicted octanol–water partition coefficient (Wildman–Crippen LogP) is 9.78. The molecule has 0 aliphatic carbocycles. The van der Waals surface area contributed by atoms with Crippen LogP contribution in [0, 0.1) is 17.8 Å². The molecule has 7 heteroatoms. The topological polar surface area (TPSA) is 68.2 Å². The molecule has 0 heterocycles. The first-order valence-corrected chi connectivity index (χ1v) is 21.0. The van der Waals surface area contributed by atoms with Crippen LogP contribution in [0.3, 0.4) is 0 Å². The Hall–Kier alpha value is -0.0231. The normalized spacial score (nSPS) is 16.5. The molecular weight excluding hydrogens is 579 g/mol. The molecule has 0 aliphatic heterocycles. The summed E-state index contributed by atoms with van der Waals surface area (Å²) < 4.78 is 35.2. The molecule has 0 aromatic carbocycles. The van der Waals surface area contributed by atoms with Gasteiger partial charge in [0.1, 0.15) is 0 Å². The maximum absolute atomic E-state index is 10.2. The van der Waals surface area contributed by atoms with E-state index >= 15 is 0 Å². The predicted molar refractivity (Wildman–Crippen MR) is 196 cm³/mol. The molecule has 0 saturated heterocycles. The van der Waals surface area contributed by atoms with Gasteiger partial charge in [-0.2, -0.15) is 0 Å². The van der Waals surface area contributed by atoms with Crippen LogP contribution in [0.2, 0.25) is 6.04 Å². The van der Waals surface area contributed by atoms with Gasteiger partial charge in [0.15, 0.2) is 0 Å². The summed E-state index contributed by atoms with van der Waals surface area (Å²) in [6, 6.07) is 0.593. The van der Waals surface area contributed by atoms with E-state index in [0.29, 0.717) is 30.4 Å². The van der Waals surface area contributed by atoms with Crippen molar-refractivity contribution in [3.8, 4) is 0 Å². The van der Waals surface area contributed by atoms with E-state index < -0.39 is 21.0 Å². The highest BCUT2D eigenvalue weighted by Gasteiger charge is 2.43. The van der Waals surface area contributed by atoms with Crippen LogP contribution in [0.25, 0.3) is 0 Å². The quantitative estimate of drug-likeness (QED) is 0.0415. The lowest BCUT2D eigenvalue weighted by atomic mass is 9.88. The molecule has 0 saturated carbocycles. The molecule has 0 rings (SSSR count). The van der Waals surface area contributed by atoms with Crippen molar-refractivity contribution in [1.29, 1.82) is 0 Å². The average molecular weight is 665 g/mol. The highest BCUT2D eigenvalue weighted by atomic mass is 28.4. The lowest BCUT2D eigenvalue weighted by Gasteiger charge is -2.35. The first-order chi connectivity index (χ1) is 22.4. The molecule has 2 N–H and O–H groups in total. The highest BCUT2D eigenvalue weighted by molar-refractivity contribution is 6.60. The van der Waals surface area contributed by atoms with Gasteiger partial charge in [0.2, 0.25) is 0 Å². The lowest BCUT2D eigenvalue weighted by Crippen LogP contribution is -2.50. The SMILES string of the molecule is [3H]CC(O)CO[Si](CCC[N+](C)(C)CCCCCCCCCCCCCCCCCC)(OCC(O)C[3H])OCC(CC(C)C)C(C)C. The van der Waals surface area contributed by atoms with Crippen LogP contribution in [0.15, 0.2) is 0 Å². The van der Waals surface area contributed by atoms with Gasteiger partial charge in [-0.1, -0.05) is 125 Å². The molecule has 6 nitrogen and oxygen atoms in total. The Morgan fingerprint density at radius 2 is 1.00 bits per heavy atom. The third kappa shape index (κ3) is 27.6. The number of unbranched alkanes of at least 4 members (excludes halogenated alkanes) is 15. The Balaban J connectivity index is 4.69. The van der Waals surface area contributed by atoms with Gasteiger partial charge in [0.05, 0.1) is 52.6 Å². The van der Waals surface area contributed by atoms with Crippen LogP contribution < -0.4 is 0 Å². The number of rotatable bonds is 33. The maximum Gasteiger partial charge on any atom is 0.501 e. The largest absolute Gasteiger partial charge is 0.501 e. The fourth-order valence-corrected chi connectivity index (χ4v) is 8.72. The third-order valence-electron chi connectivity index (χ3n) is 9.09. The van der Waals surface area contributed by atoms with E-state index in [1.807, 2.05) is 0 Å². The number of hydrogen-bond donors (Lipinski definition) is 2. The van der Waals surface area contributed by atoms with Crippen LogP contribution in [-0.2, 0) is 13.3 Å². The zero-order valence-electron chi connectivity index (χ0n) is 33.3. The van der Waals surface area contributed by atoms with Crippen molar-refractivity contribution >= 4 is 8.80 Å². The lowest BCUT2D eigenvalue weighted by molar-refractivity contribution is -0.890. The number of quaternary nitrogens is 1. The average Bonchev–Trinajstić information content (AvgIpc) is 3.03. The van der Waals surface area contributed by atoms with Gasteiger partial charge in [-0.25, -0.2) is 0 Å². The molecule has 0 spiro atoms. The van der Waals surface area contributed by atoms with Gasteiger partial charge in [-0.15, -0.1) is 0 Å². The first-order valence-electron chi connectivity index (χ1n) is 20.5. The summed E-state index contributed by atoms with van der Waals surface area (Å²) in [6.07, 6.45) is 22.2. The Bertz CT molecular complexity index is 674. The molecule has 272 valence electrons. The Morgan fingerprint density at radius 1 is 0.600 bits per heavy atom. The number of hydrogen-bond acceptors (Lipinski definition) is 5. The van der Waals surface area contributed by atoms with Crippen molar-refractivity contribution in [2.75, 3.05) is 47.0 Å². The molecule has 45 heavy (non-hydrogen) atoms. The molecule has 0 amide bonds. The minimum Gasteiger partial charge on any atom is -0.391 e. The first kappa shape index (κ1) is 41.1. The summed E-state index contributed by atoms with van der Waals surface area (Å²) in [5, 5.41) is 20.3. The second-order valence-corrected chi connectivity index (χ2v) is 18.1. The monoisotopic (exact) mass is 665 g/mol. The molecule has 0 fully saturated rings. The van der Waals surface area contributed by atoms with Crippen molar-refractivity contribution in [1.82, 2.24) is 0 Å². The number of nitrogens with zero attached hydrogens (tertiary/aromatic N) is 1. The second kappa shape index (κ2) is 27.9. The third-order valence-corrected chi connectivity index (χ3v) is 11.9. The maximum atomic E-state index is 10.2. The molecule has 0 aromatic heterocycles. The highest BCUT2D eigenvalue weighted by Crippen LogP contribution is 2.26. The van der Waals surface area contributed by atoms with Crippen LogP contribution in [0.5, 0.6) is 0 Å². The molecule has 3 atom stereocenters. The zero-order chi connectivity index (χ0) is 35.4. The van der Waals surface area contributed by atoms with E-state index in [-0.39, 0.29) is 27.0 Å². The van der Waals surface area contributed by atoms with Gasteiger partial charge < -0.3 is 28.0 Å². The van der Waals surface area contributed by atoms with Crippen molar-refractivity contribution in [3.63, 3.8) is 0 Å². The summed E-state index contributed by atoms with van der Waals surface area (Å²) in [5.41, 5.74) is 0. The fraction of sp³-hybridized carbons (Fsp3) is 1.00. The van der Waals surface area contributed by atoms with Gasteiger partial charge in [-0.3, -0.25) is 0 Å². The van der Waals surface area contributed by atoms with Gasteiger partial charge in [0, 0.05) is 21.8 Å². The molecule has 0 bridgehead atoms. The smallest absolute Gasteiger partial charge is 0.391 e. The van der Waals surface area contributed by atoms with E-state index in [4.69, 9.17) is 16.0 Å². The summed E-state index contributed by atoms with van der Waals surface area (Å²) in [4.78, 5) is 0. The number of aliphatic hydroxyl groups excluding tert-OH is 2. The van der Waals surface area contributed by atoms with E-state index in [0.717, 1.165) is 30.4 Å². The van der Waals surface area contributed by atoms with Crippen LogP contribution in [0.4, 0.5) is 0 Å². The fourth-order valence-electron chi connectivity index (χ4n) is 6.08. The van der Waals surface area contributed by atoms with Crippen LogP contribution in [0.1, 0.15) is 167 Å². The molecule has 0 radical (unpaired) electrons. The van der Waals surface area contributed by atoms with Crippen molar-refractivity contribution in [3.05, 3.63) is 0 Å². The van der Waals surface area contributed by atoms with E-state index in [1.54, 1.807) is 0 Å². The second-order valence-electron chi connectivity index (χ2n) is 15.3. The van der Waals surface area contributed by atoms with Gasteiger partial charge >= 0.3 is 8.80 Å². The molecular formula is C38H82NO5Si+. The van der Waals surface area contributed by atoms with E-state index in [1.165, 1.54) is 103 Å². The minimum absolute atomic E-state index is 0.0132. The van der Waals surface area contributed by atoms with Crippen LogP contribution >= 0.6 is 0 Å². The standard InChI is InChI=1S/C38H82NO5Si/c1-10-11-12-13-14-15-16-17-18-19-20-21-22-23-24-25-27-39(8,9)28-26-29-45(42-31-36(6)40,43-32-37(7)41)44-33-38(35(4)5)30-34(2)3/h34-38,40-41H,10-33H2,1-9H3/q+1/i6T,7T. The Labute approximate surface area is 286 Å². The van der Waals surface area contributed by atoms with Crippen molar-refractivity contribution in [2.45, 2.75) is 182 Å². The number of aliphatic hydroxyl groups is 2. The van der Waals surface area contributed by atoms with E-state index in [9.17, 15) is 10.2 Å². The van der Waals surface area contributed by atoms with E-state index in [2.05, 4.69) is 48.7 Å². The zero-order valence-corrected chi connectivity index (χ0v) is 32.3. The molecule has 0 aromatic rings. The Morgan fingerprint density at radius 3 is 1.40 bits per heavy atom.